The minimum absolute atomic E-state index is 0.350. The molecule has 3 aliphatic heterocycles. The Morgan fingerprint density at radius 3 is 2.52 bits per heavy atom. The van der Waals surface area contributed by atoms with Crippen LogP contribution in [-0.4, -0.2) is 65.3 Å². The first-order chi connectivity index (χ1) is 12.0. The third-order valence-electron chi connectivity index (χ3n) is 6.18. The summed E-state index contributed by atoms with van der Waals surface area (Å²) in [6, 6.07) is 3.35. The van der Waals surface area contributed by atoms with Gasteiger partial charge in [0.05, 0.1) is 5.69 Å². The van der Waals surface area contributed by atoms with Gasteiger partial charge < -0.3 is 19.6 Å². The van der Waals surface area contributed by atoms with Crippen molar-refractivity contribution in [2.24, 2.45) is 0 Å². The van der Waals surface area contributed by atoms with Gasteiger partial charge >= 0.3 is 7.05 Å². The molecule has 0 aromatic carbocycles. The van der Waals surface area contributed by atoms with Crippen molar-refractivity contribution in [1.82, 2.24) is 15.0 Å². The zero-order chi connectivity index (χ0) is 17.6. The SMILES string of the molecule is CB(O)N1C2CCC[C@H]1CC(N1CCCN(C)c3cc(Cl)nnc31)C2. The molecule has 136 valence electrons. The second kappa shape index (κ2) is 6.93. The lowest BCUT2D eigenvalue weighted by Gasteiger charge is -2.52. The Bertz CT molecular complexity index is 619. The van der Waals surface area contributed by atoms with Crippen molar-refractivity contribution >= 4 is 30.2 Å². The van der Waals surface area contributed by atoms with E-state index in [-0.39, 0.29) is 7.05 Å². The summed E-state index contributed by atoms with van der Waals surface area (Å²) in [4.78, 5) is 7.05. The van der Waals surface area contributed by atoms with E-state index in [4.69, 9.17) is 11.6 Å². The summed E-state index contributed by atoms with van der Waals surface area (Å²) in [5, 5.41) is 19.3. The summed E-state index contributed by atoms with van der Waals surface area (Å²) < 4.78 is 0. The number of fused-ring (bicyclic) bond motifs is 3. The summed E-state index contributed by atoms with van der Waals surface area (Å²) in [6.45, 7) is 3.92. The zero-order valence-electron chi connectivity index (χ0n) is 15.1. The monoisotopic (exact) mass is 363 g/mol. The molecule has 3 aliphatic rings. The Morgan fingerprint density at radius 2 is 1.84 bits per heavy atom. The third kappa shape index (κ3) is 3.22. The van der Waals surface area contributed by atoms with Crippen LogP contribution < -0.4 is 9.80 Å². The van der Waals surface area contributed by atoms with Crippen LogP contribution in [0.2, 0.25) is 12.0 Å². The van der Waals surface area contributed by atoms with Gasteiger partial charge in [-0.05, 0) is 38.9 Å². The molecule has 6 nitrogen and oxygen atoms in total. The molecule has 1 aromatic rings. The Balaban J connectivity index is 1.63. The molecule has 0 radical (unpaired) electrons. The van der Waals surface area contributed by atoms with Crippen LogP contribution in [0.5, 0.6) is 0 Å². The van der Waals surface area contributed by atoms with Crippen LogP contribution in [0, 0.1) is 0 Å². The fourth-order valence-electron chi connectivity index (χ4n) is 5.15. The third-order valence-corrected chi connectivity index (χ3v) is 6.36. The van der Waals surface area contributed by atoms with Crippen LogP contribution in [0.25, 0.3) is 0 Å². The topological polar surface area (TPSA) is 55.7 Å². The molecule has 1 aromatic heterocycles. The lowest BCUT2D eigenvalue weighted by molar-refractivity contribution is 0.0896. The number of piperidine rings is 2. The predicted octanol–water partition coefficient (Wildman–Crippen LogP) is 2.27. The van der Waals surface area contributed by atoms with E-state index >= 15 is 0 Å². The van der Waals surface area contributed by atoms with Gasteiger partial charge in [-0.25, -0.2) is 0 Å². The molecule has 0 saturated carbocycles. The molecule has 0 aliphatic carbocycles. The molecule has 2 saturated heterocycles. The van der Waals surface area contributed by atoms with E-state index in [0.29, 0.717) is 23.3 Å². The van der Waals surface area contributed by atoms with E-state index in [0.717, 1.165) is 43.9 Å². The van der Waals surface area contributed by atoms with Crippen molar-refractivity contribution < 1.29 is 5.02 Å². The minimum Gasteiger partial charge on any atom is -0.437 e. The summed E-state index contributed by atoms with van der Waals surface area (Å²) in [6.07, 6.45) is 6.94. The lowest BCUT2D eigenvalue weighted by atomic mass is 9.70. The molecule has 3 atom stereocenters. The van der Waals surface area contributed by atoms with Crippen LogP contribution in [-0.2, 0) is 0 Å². The van der Waals surface area contributed by atoms with Crippen molar-refractivity contribution in [3.63, 3.8) is 0 Å². The maximum absolute atomic E-state index is 10.2. The standard InChI is InChI=1S/C17H27BClN5O/c1-18(25)24-12-5-3-6-13(24)10-14(9-12)23-8-4-7-22(2)15-11-16(19)20-21-17(15)23/h11-14,25H,3-10H2,1-2H3/t12-,13?,14?/m0/s1. The van der Waals surface area contributed by atoms with E-state index in [2.05, 4.69) is 31.9 Å². The van der Waals surface area contributed by atoms with Crippen molar-refractivity contribution in [1.29, 1.82) is 0 Å². The fourth-order valence-corrected chi connectivity index (χ4v) is 5.29. The smallest absolute Gasteiger partial charge is 0.376 e. The Morgan fingerprint density at radius 1 is 1.12 bits per heavy atom. The van der Waals surface area contributed by atoms with E-state index < -0.39 is 0 Å². The first-order valence-corrected chi connectivity index (χ1v) is 9.89. The van der Waals surface area contributed by atoms with Gasteiger partial charge in [-0.15, -0.1) is 10.2 Å². The molecule has 2 fully saturated rings. The molecule has 4 heterocycles. The van der Waals surface area contributed by atoms with Crippen molar-refractivity contribution in [3.05, 3.63) is 11.2 Å². The Hall–Kier alpha value is -1.05. The van der Waals surface area contributed by atoms with Gasteiger partial charge in [-0.1, -0.05) is 18.0 Å². The summed E-state index contributed by atoms with van der Waals surface area (Å²) in [5.74, 6) is 0.970. The van der Waals surface area contributed by atoms with Gasteiger partial charge in [0, 0.05) is 44.3 Å². The summed E-state index contributed by atoms with van der Waals surface area (Å²) in [7, 11) is 1.75. The quantitative estimate of drug-likeness (QED) is 0.814. The van der Waals surface area contributed by atoms with Crippen LogP contribution >= 0.6 is 11.6 Å². The predicted molar refractivity (Wildman–Crippen MR) is 102 cm³/mol. The number of hydrogen-bond donors (Lipinski definition) is 1. The van der Waals surface area contributed by atoms with E-state index in [1.54, 1.807) is 0 Å². The number of rotatable bonds is 2. The molecule has 0 amide bonds. The second-order valence-corrected chi connectivity index (χ2v) is 8.17. The summed E-state index contributed by atoms with van der Waals surface area (Å²) in [5.41, 5.74) is 1.08. The van der Waals surface area contributed by atoms with Gasteiger partial charge in [0.1, 0.15) is 0 Å². The molecule has 8 heteroatoms. The van der Waals surface area contributed by atoms with Gasteiger partial charge in [-0.3, -0.25) is 0 Å². The lowest BCUT2D eigenvalue weighted by Crippen LogP contribution is -2.61. The second-order valence-electron chi connectivity index (χ2n) is 7.79. The van der Waals surface area contributed by atoms with E-state index in [1.807, 2.05) is 12.9 Å². The zero-order valence-corrected chi connectivity index (χ0v) is 15.9. The van der Waals surface area contributed by atoms with Gasteiger partial charge in [-0.2, -0.15) is 0 Å². The first kappa shape index (κ1) is 17.4. The first-order valence-electron chi connectivity index (χ1n) is 9.51. The number of halogens is 1. The molecule has 4 rings (SSSR count). The van der Waals surface area contributed by atoms with Gasteiger partial charge in [0.2, 0.25) is 0 Å². The van der Waals surface area contributed by atoms with Crippen LogP contribution in [0.15, 0.2) is 6.07 Å². The number of hydrogen-bond acceptors (Lipinski definition) is 6. The average molecular weight is 364 g/mol. The Labute approximate surface area is 155 Å². The largest absolute Gasteiger partial charge is 0.437 e. The molecular formula is C17H27BClN5O. The number of anilines is 2. The van der Waals surface area contributed by atoms with Gasteiger partial charge in [0.15, 0.2) is 11.0 Å². The maximum Gasteiger partial charge on any atom is 0.376 e. The van der Waals surface area contributed by atoms with Crippen molar-refractivity contribution in [2.45, 2.75) is 63.5 Å². The Kier molecular flexibility index (Phi) is 4.82. The van der Waals surface area contributed by atoms with Crippen LogP contribution in [0.4, 0.5) is 11.5 Å². The average Bonchev–Trinajstić information content (AvgIpc) is 2.73. The van der Waals surface area contributed by atoms with Crippen LogP contribution in [0.3, 0.4) is 0 Å². The molecule has 2 unspecified atom stereocenters. The molecular weight excluding hydrogens is 336 g/mol. The van der Waals surface area contributed by atoms with Crippen molar-refractivity contribution in [2.75, 3.05) is 29.9 Å². The highest BCUT2D eigenvalue weighted by molar-refractivity contribution is 6.45. The minimum atomic E-state index is -0.350. The van der Waals surface area contributed by atoms with E-state index in [9.17, 15) is 5.02 Å². The number of nitrogens with zero attached hydrogens (tertiary/aromatic N) is 5. The molecule has 0 spiro atoms. The molecule has 1 N–H and O–H groups in total. The summed E-state index contributed by atoms with van der Waals surface area (Å²) >= 11 is 6.11. The molecule has 2 bridgehead atoms. The van der Waals surface area contributed by atoms with Crippen molar-refractivity contribution in [3.8, 4) is 0 Å². The van der Waals surface area contributed by atoms with E-state index in [1.165, 1.54) is 19.3 Å². The van der Waals surface area contributed by atoms with Gasteiger partial charge in [0.25, 0.3) is 0 Å². The highest BCUT2D eigenvalue weighted by Gasteiger charge is 2.43. The molecule has 25 heavy (non-hydrogen) atoms. The maximum atomic E-state index is 10.2. The highest BCUT2D eigenvalue weighted by Crippen LogP contribution is 2.40. The fraction of sp³-hybridized carbons (Fsp3) is 0.765. The normalized spacial score (nSPS) is 30.0. The number of aromatic nitrogens is 2. The van der Waals surface area contributed by atoms with Crippen LogP contribution in [0.1, 0.15) is 38.5 Å². The highest BCUT2D eigenvalue weighted by atomic mass is 35.5.